The first-order valence-electron chi connectivity index (χ1n) is 14.8. The largest absolute Gasteiger partial charge is 0.444 e. The second-order valence-corrected chi connectivity index (χ2v) is 12.4. The predicted octanol–water partition coefficient (Wildman–Crippen LogP) is 5.39. The first-order chi connectivity index (χ1) is 21.2. The maximum Gasteiger partial charge on any atom is 0.416 e. The Balaban J connectivity index is 1.50. The zero-order chi connectivity index (χ0) is 32.7. The molecule has 0 spiro atoms. The molecule has 1 aliphatic carbocycles. The molecular weight excluding hydrogens is 615 g/mol. The van der Waals surface area contributed by atoms with E-state index in [4.69, 9.17) is 16.3 Å². The highest BCUT2D eigenvalue weighted by Gasteiger charge is 2.32. The zero-order valence-electron chi connectivity index (χ0n) is 25.5. The first kappa shape index (κ1) is 32.3. The fourth-order valence-electron chi connectivity index (χ4n) is 5.50. The normalized spacial score (nSPS) is 15.9. The Morgan fingerprint density at radius 1 is 1.11 bits per heavy atom. The number of rotatable bonds is 6. The van der Waals surface area contributed by atoms with Gasteiger partial charge in [-0.1, -0.05) is 24.6 Å². The van der Waals surface area contributed by atoms with E-state index in [1.54, 1.807) is 30.2 Å². The second kappa shape index (κ2) is 12.4. The van der Waals surface area contributed by atoms with Gasteiger partial charge in [0.1, 0.15) is 17.8 Å². The van der Waals surface area contributed by atoms with E-state index in [-0.39, 0.29) is 23.0 Å². The number of hydrogen-bond donors (Lipinski definition) is 1. The van der Waals surface area contributed by atoms with Crippen LogP contribution in [0.1, 0.15) is 64.0 Å². The number of amides is 2. The molecule has 3 aromatic rings. The molecule has 1 fully saturated rings. The van der Waals surface area contributed by atoms with E-state index in [0.717, 1.165) is 43.0 Å². The van der Waals surface area contributed by atoms with Crippen LogP contribution in [0.15, 0.2) is 29.1 Å². The van der Waals surface area contributed by atoms with Gasteiger partial charge in [0.2, 0.25) is 11.7 Å². The van der Waals surface area contributed by atoms with Crippen molar-refractivity contribution in [2.75, 3.05) is 36.4 Å². The number of hydrogen-bond acceptors (Lipinski definition) is 7. The van der Waals surface area contributed by atoms with Gasteiger partial charge in [-0.05, 0) is 70.2 Å². The highest BCUT2D eigenvalue weighted by Crippen LogP contribution is 2.34. The second-order valence-electron chi connectivity index (χ2n) is 12.0. The van der Waals surface area contributed by atoms with Crippen molar-refractivity contribution in [3.05, 3.63) is 56.7 Å². The highest BCUT2D eigenvalue weighted by molar-refractivity contribution is 6.33. The predicted molar refractivity (Wildman–Crippen MR) is 164 cm³/mol. The topological polar surface area (TPSA) is 114 Å². The van der Waals surface area contributed by atoms with Crippen LogP contribution in [0.2, 0.25) is 5.02 Å². The van der Waals surface area contributed by atoms with E-state index in [9.17, 15) is 27.6 Å². The Morgan fingerprint density at radius 2 is 1.82 bits per heavy atom. The molecule has 15 heteroatoms. The van der Waals surface area contributed by atoms with Gasteiger partial charge in [0, 0.05) is 26.2 Å². The van der Waals surface area contributed by atoms with Crippen LogP contribution >= 0.6 is 11.6 Å². The Morgan fingerprint density at radius 3 is 2.40 bits per heavy atom. The molecule has 2 aliphatic rings. The zero-order valence-corrected chi connectivity index (χ0v) is 26.3. The Bertz CT molecular complexity index is 1720. The minimum atomic E-state index is -4.58. The lowest BCUT2D eigenvalue weighted by molar-refractivity contribution is -0.137. The average molecular weight is 650 g/mol. The molecule has 1 N–H and O–H groups in total. The summed E-state index contributed by atoms with van der Waals surface area (Å²) in [4.78, 5) is 48.1. The molecule has 5 rings (SSSR count). The summed E-state index contributed by atoms with van der Waals surface area (Å²) in [5.41, 5.74) is -0.176. The average Bonchev–Trinajstić information content (AvgIpc) is 3.65. The van der Waals surface area contributed by atoms with Crippen LogP contribution < -0.4 is 15.8 Å². The van der Waals surface area contributed by atoms with Gasteiger partial charge in [-0.2, -0.15) is 22.7 Å². The minimum absolute atomic E-state index is 0.0153. The fourth-order valence-corrected chi connectivity index (χ4v) is 5.73. The highest BCUT2D eigenvalue weighted by atomic mass is 35.5. The third kappa shape index (κ3) is 6.95. The molecule has 2 aromatic heterocycles. The molecular formula is C30H35ClF3N7O4. The molecule has 45 heavy (non-hydrogen) atoms. The number of carbonyl (C=O) groups is 2. The van der Waals surface area contributed by atoms with E-state index in [0.29, 0.717) is 49.8 Å². The van der Waals surface area contributed by atoms with Gasteiger partial charge in [0.25, 0.3) is 5.56 Å². The molecule has 1 saturated heterocycles. The number of benzene rings is 1. The smallest absolute Gasteiger partial charge is 0.416 e. The van der Waals surface area contributed by atoms with Gasteiger partial charge < -0.3 is 24.4 Å². The SMILES string of the molecule is CCc1c(N2CCN(C(=O)OC(C)(C)C)CC2)c(=O)n2nc(C3=CCCC3)nc2n1CC(=O)Nc1ccc(C(F)(F)F)cc1Cl. The summed E-state index contributed by atoms with van der Waals surface area (Å²) in [7, 11) is 0. The number of aromatic nitrogens is 4. The summed E-state index contributed by atoms with van der Waals surface area (Å²) in [6, 6.07) is 2.69. The molecule has 0 radical (unpaired) electrons. The summed E-state index contributed by atoms with van der Waals surface area (Å²) in [6.07, 6.45) is -0.0588. The van der Waals surface area contributed by atoms with Crippen molar-refractivity contribution in [2.24, 2.45) is 0 Å². The number of nitrogens with one attached hydrogen (secondary N) is 1. The number of alkyl halides is 3. The molecule has 2 amide bonds. The van der Waals surface area contributed by atoms with E-state index < -0.39 is 34.9 Å². The molecule has 0 unspecified atom stereocenters. The van der Waals surface area contributed by atoms with E-state index >= 15 is 0 Å². The monoisotopic (exact) mass is 649 g/mol. The molecule has 242 valence electrons. The number of anilines is 2. The number of ether oxygens (including phenoxy) is 1. The molecule has 0 bridgehead atoms. The van der Waals surface area contributed by atoms with Gasteiger partial charge in [0.15, 0.2) is 5.82 Å². The van der Waals surface area contributed by atoms with Crippen molar-refractivity contribution in [1.29, 1.82) is 0 Å². The molecule has 3 heterocycles. The molecule has 1 aliphatic heterocycles. The van der Waals surface area contributed by atoms with E-state index in [2.05, 4.69) is 15.4 Å². The third-order valence-electron chi connectivity index (χ3n) is 7.61. The van der Waals surface area contributed by atoms with Crippen molar-refractivity contribution in [3.63, 3.8) is 0 Å². The van der Waals surface area contributed by atoms with Gasteiger partial charge in [-0.3, -0.25) is 9.59 Å². The summed E-state index contributed by atoms with van der Waals surface area (Å²) in [5.74, 6) is -0.00909. The minimum Gasteiger partial charge on any atom is -0.444 e. The maximum absolute atomic E-state index is 14.0. The molecule has 11 nitrogen and oxygen atoms in total. The van der Waals surface area contributed by atoms with Gasteiger partial charge >= 0.3 is 12.3 Å². The maximum atomic E-state index is 14.0. The Kier molecular flexibility index (Phi) is 8.89. The van der Waals surface area contributed by atoms with Crippen molar-refractivity contribution < 1.29 is 27.5 Å². The quantitative estimate of drug-likeness (QED) is 0.381. The van der Waals surface area contributed by atoms with Gasteiger partial charge in [-0.25, -0.2) is 4.79 Å². The van der Waals surface area contributed by atoms with Crippen molar-refractivity contribution in [1.82, 2.24) is 24.1 Å². The lowest BCUT2D eigenvalue weighted by Crippen LogP contribution is -2.51. The van der Waals surface area contributed by atoms with Crippen LogP contribution in [0, 0.1) is 0 Å². The van der Waals surface area contributed by atoms with Crippen molar-refractivity contribution in [3.8, 4) is 0 Å². The standard InChI is InChI=1S/C30H35ClF3N7O4/c1-5-22-24(38-12-14-39(15-13-38)28(44)45-29(2,3)4)26(43)41-27(36-25(37-41)18-8-6-7-9-18)40(22)17-23(42)35-21-11-10-19(16-20(21)31)30(32,33)34/h8,10-11,16H,5-7,9,12-15,17H2,1-4H3,(H,35,42). The van der Waals surface area contributed by atoms with E-state index in [1.165, 1.54) is 4.52 Å². The number of allylic oxidation sites excluding steroid dienone is 2. The number of fused-ring (bicyclic) bond motifs is 1. The molecule has 0 atom stereocenters. The first-order valence-corrected chi connectivity index (χ1v) is 15.2. The van der Waals surface area contributed by atoms with Crippen LogP contribution in [0.25, 0.3) is 11.4 Å². The Hall–Kier alpha value is -4.07. The van der Waals surface area contributed by atoms with E-state index in [1.807, 2.05) is 17.9 Å². The van der Waals surface area contributed by atoms with Crippen LogP contribution in [0.3, 0.4) is 0 Å². The summed E-state index contributed by atoms with van der Waals surface area (Å²) in [6.45, 7) is 8.23. The van der Waals surface area contributed by atoms with Crippen LogP contribution in [0.5, 0.6) is 0 Å². The molecule has 1 aromatic carbocycles. The summed E-state index contributed by atoms with van der Waals surface area (Å²) >= 11 is 6.09. The number of halogens is 4. The van der Waals surface area contributed by atoms with Crippen molar-refractivity contribution in [2.45, 2.75) is 71.7 Å². The summed E-state index contributed by atoms with van der Waals surface area (Å²) in [5, 5.41) is 6.87. The van der Waals surface area contributed by atoms with Gasteiger partial charge in [-0.15, -0.1) is 5.10 Å². The Labute approximate surface area is 262 Å². The lowest BCUT2D eigenvalue weighted by Gasteiger charge is -2.37. The van der Waals surface area contributed by atoms with Crippen LogP contribution in [-0.4, -0.2) is 67.8 Å². The lowest BCUT2D eigenvalue weighted by atomic mass is 10.2. The summed E-state index contributed by atoms with van der Waals surface area (Å²) < 4.78 is 47.7. The van der Waals surface area contributed by atoms with Gasteiger partial charge in [0.05, 0.1) is 22.0 Å². The van der Waals surface area contributed by atoms with Crippen molar-refractivity contribution >= 4 is 46.3 Å². The van der Waals surface area contributed by atoms with Crippen LogP contribution in [0.4, 0.5) is 29.3 Å². The number of piperazine rings is 1. The number of carbonyl (C=O) groups excluding carboxylic acids is 2. The molecule has 0 saturated carbocycles. The fraction of sp³-hybridized carbons (Fsp3) is 0.500. The number of nitrogens with zero attached hydrogens (tertiary/aromatic N) is 6. The van der Waals surface area contributed by atoms with Crippen LogP contribution in [-0.2, 0) is 28.7 Å². The third-order valence-corrected chi connectivity index (χ3v) is 7.92.